The van der Waals surface area contributed by atoms with Gasteiger partial charge in [-0.3, -0.25) is 23.9 Å². The van der Waals surface area contributed by atoms with E-state index in [-0.39, 0.29) is 30.3 Å². The van der Waals surface area contributed by atoms with Crippen LogP contribution in [0.3, 0.4) is 0 Å². The molecule has 1 aliphatic rings. The van der Waals surface area contributed by atoms with E-state index in [0.717, 1.165) is 10.6 Å². The lowest BCUT2D eigenvalue weighted by Crippen LogP contribution is -2.34. The first-order valence-electron chi connectivity index (χ1n) is 10.2. The number of aryl methyl sites for hydroxylation is 2. The third-order valence-corrected chi connectivity index (χ3v) is 6.65. The second kappa shape index (κ2) is 8.08. The van der Waals surface area contributed by atoms with E-state index < -0.39 is 0 Å². The Bertz CT molecular complexity index is 1390. The Morgan fingerprint density at radius 1 is 0.906 bits per heavy atom. The lowest BCUT2D eigenvalue weighted by Gasteiger charge is -2.17. The molecule has 0 fully saturated rings. The summed E-state index contributed by atoms with van der Waals surface area (Å²) in [6.45, 7) is 2.51. The van der Waals surface area contributed by atoms with Crippen LogP contribution in [0.1, 0.15) is 37.1 Å². The minimum atomic E-state index is -0.321. The Hall–Kier alpha value is -3.72. The summed E-state index contributed by atoms with van der Waals surface area (Å²) >= 11 is 1.55. The van der Waals surface area contributed by atoms with Crippen molar-refractivity contribution >= 4 is 34.2 Å². The van der Waals surface area contributed by atoms with Crippen molar-refractivity contribution < 1.29 is 9.59 Å². The van der Waals surface area contributed by atoms with Gasteiger partial charge in [0.15, 0.2) is 5.65 Å². The molecule has 8 nitrogen and oxygen atoms in total. The van der Waals surface area contributed by atoms with E-state index >= 15 is 0 Å². The molecule has 160 valence electrons. The highest BCUT2D eigenvalue weighted by Gasteiger charge is 2.34. The van der Waals surface area contributed by atoms with Crippen molar-refractivity contribution in [3.63, 3.8) is 0 Å². The average molecular weight is 446 g/mol. The number of amides is 2. The number of carbonyl (C=O) groups is 2. The fourth-order valence-electron chi connectivity index (χ4n) is 3.95. The molecule has 4 heterocycles. The maximum absolute atomic E-state index is 13.2. The molecule has 0 radical (unpaired) electrons. The van der Waals surface area contributed by atoms with E-state index in [0.29, 0.717) is 41.0 Å². The number of benzene rings is 1. The van der Waals surface area contributed by atoms with Gasteiger partial charge in [-0.1, -0.05) is 12.1 Å². The Morgan fingerprint density at radius 3 is 2.34 bits per heavy atom. The number of hydrogen-bond donors (Lipinski definition) is 0. The molecular formula is C23H19N5O3S. The van der Waals surface area contributed by atoms with Gasteiger partial charge in [0.2, 0.25) is 0 Å². The third kappa shape index (κ3) is 3.40. The summed E-state index contributed by atoms with van der Waals surface area (Å²) in [7, 11) is 0. The van der Waals surface area contributed by atoms with Gasteiger partial charge in [0.25, 0.3) is 17.4 Å². The molecule has 9 heteroatoms. The molecule has 3 aromatic heterocycles. The lowest BCUT2D eigenvalue weighted by molar-refractivity contribution is 0.0655. The Kier molecular flexibility index (Phi) is 5.10. The van der Waals surface area contributed by atoms with Gasteiger partial charge in [0.1, 0.15) is 5.82 Å². The molecule has 1 aromatic carbocycles. The number of aromatic nitrogens is 4. The predicted molar refractivity (Wildman–Crippen MR) is 120 cm³/mol. The van der Waals surface area contributed by atoms with Crippen LogP contribution in [0, 0.1) is 6.92 Å². The smallest absolute Gasteiger partial charge is 0.263 e. The van der Waals surface area contributed by atoms with Gasteiger partial charge in [-0.15, -0.1) is 11.3 Å². The minimum absolute atomic E-state index is 0.136. The summed E-state index contributed by atoms with van der Waals surface area (Å²) in [5, 5.41) is 0.443. The molecular weight excluding hydrogens is 426 g/mol. The van der Waals surface area contributed by atoms with Gasteiger partial charge in [0.05, 0.1) is 27.7 Å². The van der Waals surface area contributed by atoms with Gasteiger partial charge < -0.3 is 0 Å². The van der Waals surface area contributed by atoms with Crippen LogP contribution in [0.2, 0.25) is 0 Å². The van der Waals surface area contributed by atoms with Crippen molar-refractivity contribution in [1.29, 1.82) is 0 Å². The molecule has 0 N–H and O–H groups in total. The van der Waals surface area contributed by atoms with E-state index in [2.05, 4.69) is 15.0 Å². The SMILES string of the molecule is Cc1ncsc1CCn1c(CCN2C(=O)c3ccccc3C2=O)nc2ncccc2c1=O. The number of hydrogen-bond acceptors (Lipinski definition) is 7. The van der Waals surface area contributed by atoms with Gasteiger partial charge in [-0.25, -0.2) is 15.0 Å². The van der Waals surface area contributed by atoms with Gasteiger partial charge in [-0.2, -0.15) is 0 Å². The molecule has 0 atom stereocenters. The highest BCUT2D eigenvalue weighted by atomic mass is 32.1. The van der Waals surface area contributed by atoms with Crippen LogP contribution in [-0.4, -0.2) is 42.8 Å². The summed E-state index contributed by atoms with van der Waals surface area (Å²) in [5.41, 5.74) is 3.74. The average Bonchev–Trinajstić information content (AvgIpc) is 3.32. The van der Waals surface area contributed by atoms with E-state index in [1.807, 2.05) is 6.92 Å². The summed E-state index contributed by atoms with van der Waals surface area (Å²) in [6.07, 6.45) is 2.49. The molecule has 32 heavy (non-hydrogen) atoms. The maximum atomic E-state index is 13.2. The third-order valence-electron chi connectivity index (χ3n) is 5.65. The number of carbonyl (C=O) groups excluding carboxylic acids is 2. The highest BCUT2D eigenvalue weighted by Crippen LogP contribution is 2.22. The molecule has 2 amide bonds. The van der Waals surface area contributed by atoms with Crippen molar-refractivity contribution in [2.24, 2.45) is 0 Å². The van der Waals surface area contributed by atoms with Crippen LogP contribution in [0.5, 0.6) is 0 Å². The molecule has 0 bridgehead atoms. The highest BCUT2D eigenvalue weighted by molar-refractivity contribution is 7.09. The van der Waals surface area contributed by atoms with E-state index in [1.165, 1.54) is 4.90 Å². The van der Waals surface area contributed by atoms with E-state index in [9.17, 15) is 14.4 Å². The quantitative estimate of drug-likeness (QED) is 0.423. The van der Waals surface area contributed by atoms with Gasteiger partial charge in [0, 0.05) is 37.0 Å². The van der Waals surface area contributed by atoms with Crippen LogP contribution < -0.4 is 5.56 Å². The summed E-state index contributed by atoms with van der Waals surface area (Å²) in [5.74, 6) is -0.141. The van der Waals surface area contributed by atoms with Crippen molar-refractivity contribution in [1.82, 2.24) is 24.4 Å². The van der Waals surface area contributed by atoms with Crippen LogP contribution in [0.25, 0.3) is 11.0 Å². The standard InChI is InChI=1S/C23H19N5O3S/c1-14-18(32-13-25-14)8-11-27-19(26-20-17(23(27)31)7-4-10-24-20)9-12-28-21(29)15-5-2-3-6-16(15)22(28)30/h2-7,10,13H,8-9,11-12H2,1H3. The molecule has 0 saturated heterocycles. The fraction of sp³-hybridized carbons (Fsp3) is 0.217. The van der Waals surface area contributed by atoms with Crippen LogP contribution >= 0.6 is 11.3 Å². The van der Waals surface area contributed by atoms with E-state index in [1.54, 1.807) is 64.0 Å². The molecule has 4 aromatic rings. The first kappa shape index (κ1) is 20.2. The van der Waals surface area contributed by atoms with Crippen molar-refractivity contribution in [2.45, 2.75) is 26.3 Å². The predicted octanol–water partition coefficient (Wildman–Crippen LogP) is 2.64. The summed E-state index contributed by atoms with van der Waals surface area (Å²) in [6, 6.07) is 10.2. The van der Waals surface area contributed by atoms with Crippen LogP contribution in [-0.2, 0) is 19.4 Å². The zero-order chi connectivity index (χ0) is 22.2. The number of rotatable bonds is 6. The van der Waals surface area contributed by atoms with Crippen molar-refractivity contribution in [3.8, 4) is 0 Å². The molecule has 0 saturated carbocycles. The molecule has 1 aliphatic heterocycles. The molecule has 5 rings (SSSR count). The number of nitrogens with zero attached hydrogens (tertiary/aromatic N) is 5. The monoisotopic (exact) mass is 445 g/mol. The second-order valence-electron chi connectivity index (χ2n) is 7.53. The minimum Gasteiger partial charge on any atom is -0.296 e. The zero-order valence-corrected chi connectivity index (χ0v) is 18.1. The van der Waals surface area contributed by atoms with Crippen molar-refractivity contribution in [3.05, 3.63) is 86.0 Å². The zero-order valence-electron chi connectivity index (χ0n) is 17.3. The van der Waals surface area contributed by atoms with Crippen molar-refractivity contribution in [2.75, 3.05) is 6.54 Å². The molecule has 0 spiro atoms. The Labute approximate surface area is 187 Å². The van der Waals surface area contributed by atoms with Crippen LogP contribution in [0.4, 0.5) is 0 Å². The number of imide groups is 1. The normalized spacial score (nSPS) is 13.2. The Balaban J connectivity index is 1.46. The lowest BCUT2D eigenvalue weighted by atomic mass is 10.1. The van der Waals surface area contributed by atoms with Gasteiger partial charge >= 0.3 is 0 Å². The second-order valence-corrected chi connectivity index (χ2v) is 8.47. The van der Waals surface area contributed by atoms with E-state index in [4.69, 9.17) is 0 Å². The summed E-state index contributed by atoms with van der Waals surface area (Å²) in [4.78, 5) is 54.1. The van der Waals surface area contributed by atoms with Gasteiger partial charge in [-0.05, 0) is 31.2 Å². The van der Waals surface area contributed by atoms with Crippen LogP contribution in [0.15, 0.2) is 52.9 Å². The summed E-state index contributed by atoms with van der Waals surface area (Å²) < 4.78 is 1.63. The number of thiazole rings is 1. The first-order chi connectivity index (χ1) is 15.5. The number of pyridine rings is 1. The first-order valence-corrected chi connectivity index (χ1v) is 11.1. The fourth-order valence-corrected chi connectivity index (χ4v) is 4.72. The Morgan fingerprint density at radius 2 is 1.66 bits per heavy atom. The topological polar surface area (TPSA) is 98.1 Å². The molecule has 0 unspecified atom stereocenters. The largest absolute Gasteiger partial charge is 0.296 e. The number of fused-ring (bicyclic) bond motifs is 2. The molecule has 0 aliphatic carbocycles. The maximum Gasteiger partial charge on any atom is 0.263 e.